The summed E-state index contributed by atoms with van der Waals surface area (Å²) in [5.41, 5.74) is 2.77. The fourth-order valence-electron chi connectivity index (χ4n) is 3.21. The molecule has 1 aliphatic heterocycles. The maximum atomic E-state index is 9.90. The number of rotatable bonds is 4. The Bertz CT molecular complexity index is 760. The van der Waals surface area contributed by atoms with Gasteiger partial charge < -0.3 is 29.7 Å². The first kappa shape index (κ1) is 16.3. The van der Waals surface area contributed by atoms with Crippen LogP contribution < -0.4 is 19.5 Å². The molecule has 1 atom stereocenters. The summed E-state index contributed by atoms with van der Waals surface area (Å²) in [6.07, 6.45) is 0.773. The fourth-order valence-corrected chi connectivity index (χ4v) is 3.21. The maximum Gasteiger partial charge on any atom is 0.203 e. The molecule has 0 unspecified atom stereocenters. The van der Waals surface area contributed by atoms with Gasteiger partial charge in [0, 0.05) is 12.1 Å². The van der Waals surface area contributed by atoms with Crippen molar-refractivity contribution < 1.29 is 24.4 Å². The number of benzene rings is 2. The number of aromatic hydroxyl groups is 2. The van der Waals surface area contributed by atoms with Crippen molar-refractivity contribution in [3.63, 3.8) is 0 Å². The Morgan fingerprint density at radius 1 is 0.917 bits per heavy atom. The van der Waals surface area contributed by atoms with E-state index in [0.29, 0.717) is 17.2 Å². The molecule has 6 heteroatoms. The van der Waals surface area contributed by atoms with Crippen molar-refractivity contribution in [2.75, 3.05) is 27.9 Å². The quantitative estimate of drug-likeness (QED) is 0.747. The van der Waals surface area contributed by atoms with Gasteiger partial charge >= 0.3 is 0 Å². The highest BCUT2D eigenvalue weighted by Crippen LogP contribution is 2.45. The summed E-state index contributed by atoms with van der Waals surface area (Å²) in [4.78, 5) is 0. The molecule has 2 aromatic carbocycles. The second kappa shape index (κ2) is 6.49. The average Bonchev–Trinajstić information content (AvgIpc) is 2.60. The van der Waals surface area contributed by atoms with E-state index in [1.807, 2.05) is 12.1 Å². The van der Waals surface area contributed by atoms with Crippen molar-refractivity contribution in [2.24, 2.45) is 0 Å². The molecule has 2 aromatic rings. The van der Waals surface area contributed by atoms with E-state index in [4.69, 9.17) is 14.2 Å². The van der Waals surface area contributed by atoms with Crippen LogP contribution in [0.25, 0.3) is 0 Å². The highest BCUT2D eigenvalue weighted by atomic mass is 16.5. The number of hydrogen-bond acceptors (Lipinski definition) is 6. The SMILES string of the molecule is COc1ccc([C@H]2NCCc3cc(O)c(O)cc32)c(OC)c1OC. The van der Waals surface area contributed by atoms with Crippen molar-refractivity contribution >= 4 is 0 Å². The van der Waals surface area contributed by atoms with Gasteiger partial charge in [-0.15, -0.1) is 0 Å². The molecule has 1 aliphatic rings. The summed E-state index contributed by atoms with van der Waals surface area (Å²) >= 11 is 0. The van der Waals surface area contributed by atoms with Gasteiger partial charge in [0.05, 0.1) is 27.4 Å². The van der Waals surface area contributed by atoms with E-state index in [-0.39, 0.29) is 17.5 Å². The van der Waals surface area contributed by atoms with Crippen LogP contribution in [-0.2, 0) is 6.42 Å². The smallest absolute Gasteiger partial charge is 0.203 e. The molecule has 3 N–H and O–H groups in total. The van der Waals surface area contributed by atoms with E-state index < -0.39 is 0 Å². The van der Waals surface area contributed by atoms with Gasteiger partial charge in [-0.3, -0.25) is 0 Å². The minimum absolute atomic E-state index is 0.103. The molecule has 0 radical (unpaired) electrons. The Kier molecular flexibility index (Phi) is 4.40. The van der Waals surface area contributed by atoms with Crippen LogP contribution >= 0.6 is 0 Å². The van der Waals surface area contributed by atoms with Crippen molar-refractivity contribution in [1.82, 2.24) is 5.32 Å². The van der Waals surface area contributed by atoms with E-state index in [2.05, 4.69) is 5.32 Å². The number of nitrogens with one attached hydrogen (secondary N) is 1. The van der Waals surface area contributed by atoms with Gasteiger partial charge in [0.15, 0.2) is 23.0 Å². The molecule has 0 aromatic heterocycles. The van der Waals surface area contributed by atoms with Crippen molar-refractivity contribution in [3.05, 3.63) is 41.0 Å². The van der Waals surface area contributed by atoms with E-state index >= 15 is 0 Å². The second-order valence-electron chi connectivity index (χ2n) is 5.60. The third kappa shape index (κ3) is 2.59. The molecule has 0 saturated heterocycles. The van der Waals surface area contributed by atoms with Gasteiger partial charge in [0.25, 0.3) is 0 Å². The van der Waals surface area contributed by atoms with E-state index in [1.54, 1.807) is 33.5 Å². The van der Waals surface area contributed by atoms with Crippen LogP contribution in [0.4, 0.5) is 0 Å². The predicted octanol–water partition coefficient (Wildman–Crippen LogP) is 2.36. The molecule has 0 fully saturated rings. The minimum atomic E-state index is -0.185. The third-order valence-corrected chi connectivity index (χ3v) is 4.34. The number of fused-ring (bicyclic) bond motifs is 1. The van der Waals surface area contributed by atoms with Gasteiger partial charge in [-0.1, -0.05) is 0 Å². The Morgan fingerprint density at radius 2 is 1.62 bits per heavy atom. The van der Waals surface area contributed by atoms with Crippen LogP contribution in [0.1, 0.15) is 22.7 Å². The van der Waals surface area contributed by atoms with Crippen LogP contribution in [0, 0.1) is 0 Å². The van der Waals surface area contributed by atoms with Crippen LogP contribution in [0.2, 0.25) is 0 Å². The molecular formula is C18H21NO5. The summed E-state index contributed by atoms with van der Waals surface area (Å²) < 4.78 is 16.4. The van der Waals surface area contributed by atoms with Crippen molar-refractivity contribution in [2.45, 2.75) is 12.5 Å². The highest BCUT2D eigenvalue weighted by Gasteiger charge is 2.28. The van der Waals surface area contributed by atoms with Crippen molar-refractivity contribution in [1.29, 1.82) is 0 Å². The summed E-state index contributed by atoms with van der Waals surface area (Å²) in [6.45, 7) is 0.749. The lowest BCUT2D eigenvalue weighted by molar-refractivity contribution is 0.320. The lowest BCUT2D eigenvalue weighted by atomic mass is 9.88. The zero-order valence-electron chi connectivity index (χ0n) is 13.9. The first-order valence-corrected chi connectivity index (χ1v) is 7.67. The van der Waals surface area contributed by atoms with Gasteiger partial charge in [-0.2, -0.15) is 0 Å². The average molecular weight is 331 g/mol. The predicted molar refractivity (Wildman–Crippen MR) is 89.4 cm³/mol. The standard InChI is InChI=1S/C18H21NO5/c1-22-15-5-4-11(17(23-2)18(15)24-3)16-12-9-14(21)13(20)8-10(12)6-7-19-16/h4-5,8-9,16,19-21H,6-7H2,1-3H3/t16-/m1/s1. The van der Waals surface area contributed by atoms with Crippen molar-refractivity contribution in [3.8, 4) is 28.7 Å². The van der Waals surface area contributed by atoms with Gasteiger partial charge in [-0.25, -0.2) is 0 Å². The van der Waals surface area contributed by atoms with Gasteiger partial charge in [0.2, 0.25) is 5.75 Å². The number of methoxy groups -OCH3 is 3. The van der Waals surface area contributed by atoms with E-state index in [1.165, 1.54) is 0 Å². The molecule has 3 rings (SSSR count). The summed E-state index contributed by atoms with van der Waals surface area (Å²) in [7, 11) is 4.72. The first-order chi connectivity index (χ1) is 11.6. The van der Waals surface area contributed by atoms with Gasteiger partial charge in [-0.05, 0) is 41.8 Å². The third-order valence-electron chi connectivity index (χ3n) is 4.34. The molecule has 0 amide bonds. The molecule has 0 bridgehead atoms. The molecule has 1 heterocycles. The zero-order valence-corrected chi connectivity index (χ0v) is 13.9. The largest absolute Gasteiger partial charge is 0.504 e. The Hall–Kier alpha value is -2.60. The lowest BCUT2D eigenvalue weighted by Gasteiger charge is -2.29. The number of phenolic OH excluding ortho intramolecular Hbond substituents is 2. The number of ether oxygens (including phenoxy) is 3. The maximum absolute atomic E-state index is 9.90. The molecule has 0 aliphatic carbocycles. The molecular weight excluding hydrogens is 310 g/mol. The Morgan fingerprint density at radius 3 is 2.29 bits per heavy atom. The molecule has 128 valence electrons. The van der Waals surface area contributed by atoms with E-state index in [9.17, 15) is 10.2 Å². The zero-order chi connectivity index (χ0) is 17.3. The lowest BCUT2D eigenvalue weighted by Crippen LogP contribution is -2.30. The summed E-state index contributed by atoms with van der Waals surface area (Å²) in [6, 6.07) is 6.77. The van der Waals surface area contributed by atoms with Crippen LogP contribution in [-0.4, -0.2) is 38.1 Å². The summed E-state index contributed by atoms with van der Waals surface area (Å²) in [5.74, 6) is 1.45. The molecule has 0 saturated carbocycles. The fraction of sp³-hybridized carbons (Fsp3) is 0.333. The highest BCUT2D eigenvalue weighted by molar-refractivity contribution is 5.60. The number of hydrogen-bond donors (Lipinski definition) is 3. The second-order valence-corrected chi connectivity index (χ2v) is 5.60. The van der Waals surface area contributed by atoms with Crippen LogP contribution in [0.5, 0.6) is 28.7 Å². The molecule has 0 spiro atoms. The van der Waals surface area contributed by atoms with E-state index in [0.717, 1.165) is 29.7 Å². The first-order valence-electron chi connectivity index (χ1n) is 7.67. The van der Waals surface area contributed by atoms with Gasteiger partial charge in [0.1, 0.15) is 0 Å². The Labute approximate surface area is 140 Å². The summed E-state index contributed by atoms with van der Waals surface area (Å²) in [5, 5.41) is 23.1. The minimum Gasteiger partial charge on any atom is -0.504 e. The molecule has 6 nitrogen and oxygen atoms in total. The number of phenols is 2. The Balaban J connectivity index is 2.16. The topological polar surface area (TPSA) is 80.2 Å². The van der Waals surface area contributed by atoms with Crippen LogP contribution in [0.15, 0.2) is 24.3 Å². The van der Waals surface area contributed by atoms with Crippen LogP contribution in [0.3, 0.4) is 0 Å². The monoisotopic (exact) mass is 331 g/mol. The molecule has 24 heavy (non-hydrogen) atoms. The normalized spacial score (nSPS) is 16.4.